The molecule has 0 atom stereocenters. The zero-order valence-electron chi connectivity index (χ0n) is 11.6. The maximum atomic E-state index is 12.1. The third-order valence-electron chi connectivity index (χ3n) is 3.03. The van der Waals surface area contributed by atoms with E-state index < -0.39 is 0 Å². The smallest absolute Gasteiger partial charge is 0.185 e. The molecule has 0 spiro atoms. The van der Waals surface area contributed by atoms with Crippen molar-refractivity contribution >= 4 is 40.8 Å². The zero-order valence-corrected chi connectivity index (χ0v) is 13.2. The van der Waals surface area contributed by atoms with Gasteiger partial charge in [0.05, 0.1) is 15.6 Å². The Morgan fingerprint density at radius 3 is 2.41 bits per heavy atom. The largest absolute Gasteiger partial charge is 0.507 e. The number of allylic oxidation sites excluding steroid dienone is 1. The molecule has 0 saturated heterocycles. The molecule has 0 fully saturated rings. The van der Waals surface area contributed by atoms with Gasteiger partial charge in [0.2, 0.25) is 0 Å². The summed E-state index contributed by atoms with van der Waals surface area (Å²) in [5, 5.41) is 10.4. The van der Waals surface area contributed by atoms with Crippen LogP contribution in [-0.2, 0) is 0 Å². The molecule has 0 heterocycles. The summed E-state index contributed by atoms with van der Waals surface area (Å²) in [6.07, 6.45) is 2.97. The summed E-state index contributed by atoms with van der Waals surface area (Å²) in [6.45, 7) is 1.33. The van der Waals surface area contributed by atoms with Crippen LogP contribution in [0.5, 0.6) is 5.75 Å². The summed E-state index contributed by atoms with van der Waals surface area (Å²) in [4.78, 5) is 23.5. The minimum absolute atomic E-state index is 0.119. The van der Waals surface area contributed by atoms with Gasteiger partial charge in [0.15, 0.2) is 11.6 Å². The lowest BCUT2D eigenvalue weighted by molar-refractivity contribution is 0.101. The molecule has 0 unspecified atom stereocenters. The molecule has 0 amide bonds. The number of phenolic OH excluding ortho intramolecular Hbond substituents is 1. The van der Waals surface area contributed by atoms with Crippen molar-refractivity contribution in [3.63, 3.8) is 0 Å². The highest BCUT2D eigenvalue weighted by atomic mass is 35.5. The number of phenols is 1. The van der Waals surface area contributed by atoms with Gasteiger partial charge in [0, 0.05) is 5.56 Å². The number of hydrogen-bond acceptors (Lipinski definition) is 3. The highest BCUT2D eigenvalue weighted by molar-refractivity contribution is 6.42. The maximum absolute atomic E-state index is 12.1. The molecule has 0 bridgehead atoms. The van der Waals surface area contributed by atoms with E-state index in [0.717, 1.165) is 5.56 Å². The van der Waals surface area contributed by atoms with Crippen LogP contribution in [0, 0.1) is 0 Å². The molecule has 0 aliphatic heterocycles. The second-order valence-electron chi connectivity index (χ2n) is 4.66. The van der Waals surface area contributed by atoms with Gasteiger partial charge in [0.25, 0.3) is 0 Å². The van der Waals surface area contributed by atoms with Crippen molar-refractivity contribution in [3.05, 3.63) is 69.2 Å². The van der Waals surface area contributed by atoms with E-state index in [1.54, 1.807) is 24.3 Å². The van der Waals surface area contributed by atoms with Crippen LogP contribution in [0.2, 0.25) is 10.0 Å². The van der Waals surface area contributed by atoms with Gasteiger partial charge >= 0.3 is 0 Å². The lowest BCUT2D eigenvalue weighted by Gasteiger charge is -2.03. The molecule has 0 aliphatic carbocycles. The van der Waals surface area contributed by atoms with Crippen LogP contribution in [0.1, 0.15) is 33.2 Å². The van der Waals surface area contributed by atoms with Gasteiger partial charge in [-0.05, 0) is 48.9 Å². The summed E-state index contributed by atoms with van der Waals surface area (Å²) in [5.74, 6) is -0.730. The van der Waals surface area contributed by atoms with Gasteiger partial charge in [0.1, 0.15) is 5.75 Å². The van der Waals surface area contributed by atoms with Gasteiger partial charge in [-0.15, -0.1) is 0 Å². The molecule has 0 aliphatic rings. The van der Waals surface area contributed by atoms with Crippen LogP contribution < -0.4 is 0 Å². The van der Waals surface area contributed by atoms with E-state index in [4.69, 9.17) is 23.2 Å². The first-order valence-corrected chi connectivity index (χ1v) is 7.15. The molecule has 1 N–H and O–H groups in total. The Kier molecular flexibility index (Phi) is 5.01. The van der Waals surface area contributed by atoms with Crippen molar-refractivity contribution in [1.82, 2.24) is 0 Å². The van der Waals surface area contributed by atoms with Crippen molar-refractivity contribution in [2.75, 3.05) is 0 Å². The average molecular weight is 335 g/mol. The third kappa shape index (κ3) is 3.75. The van der Waals surface area contributed by atoms with Crippen molar-refractivity contribution in [2.45, 2.75) is 6.92 Å². The van der Waals surface area contributed by atoms with E-state index in [0.29, 0.717) is 15.6 Å². The second-order valence-corrected chi connectivity index (χ2v) is 5.47. The Bertz CT molecular complexity index is 779. The van der Waals surface area contributed by atoms with Gasteiger partial charge in [-0.1, -0.05) is 35.3 Å². The molecule has 2 aromatic rings. The molecule has 0 radical (unpaired) electrons. The number of hydrogen-bond donors (Lipinski definition) is 1. The quantitative estimate of drug-likeness (QED) is 0.645. The first-order chi connectivity index (χ1) is 10.4. The summed E-state index contributed by atoms with van der Waals surface area (Å²) in [5.41, 5.74) is 1.17. The molecule has 0 aromatic heterocycles. The highest BCUT2D eigenvalue weighted by Gasteiger charge is 2.10. The number of aromatic hydroxyl groups is 1. The minimum Gasteiger partial charge on any atom is -0.507 e. The molecule has 3 nitrogen and oxygen atoms in total. The van der Waals surface area contributed by atoms with E-state index in [1.807, 2.05) is 0 Å². The van der Waals surface area contributed by atoms with Crippen LogP contribution in [-0.4, -0.2) is 16.7 Å². The Morgan fingerprint density at radius 2 is 1.77 bits per heavy atom. The van der Waals surface area contributed by atoms with Gasteiger partial charge in [-0.25, -0.2) is 0 Å². The Morgan fingerprint density at radius 1 is 1.05 bits per heavy atom. The fourth-order valence-corrected chi connectivity index (χ4v) is 2.16. The SMILES string of the molecule is CC(=O)c1cc(C(=O)/C=C/c2ccc(Cl)c(Cl)c2)ccc1O. The molecule has 2 rings (SSSR count). The summed E-state index contributed by atoms with van der Waals surface area (Å²) in [6, 6.07) is 9.18. The summed E-state index contributed by atoms with van der Waals surface area (Å²) >= 11 is 11.7. The van der Waals surface area contributed by atoms with E-state index in [-0.39, 0.29) is 22.9 Å². The van der Waals surface area contributed by atoms with Gasteiger partial charge in [-0.2, -0.15) is 0 Å². The zero-order chi connectivity index (χ0) is 16.3. The van der Waals surface area contributed by atoms with E-state index in [2.05, 4.69) is 0 Å². The van der Waals surface area contributed by atoms with Crippen LogP contribution in [0.15, 0.2) is 42.5 Å². The molecule has 5 heteroatoms. The third-order valence-corrected chi connectivity index (χ3v) is 3.77. The normalized spacial score (nSPS) is 10.9. The van der Waals surface area contributed by atoms with E-state index in [1.165, 1.54) is 31.2 Å². The van der Waals surface area contributed by atoms with Crippen LogP contribution in [0.3, 0.4) is 0 Å². The minimum atomic E-state index is -0.305. The summed E-state index contributed by atoms with van der Waals surface area (Å²) < 4.78 is 0. The molecular formula is C17H12Cl2O3. The van der Waals surface area contributed by atoms with Crippen LogP contribution in [0.25, 0.3) is 6.08 Å². The predicted octanol–water partition coefficient (Wildman–Crippen LogP) is 4.80. The van der Waals surface area contributed by atoms with Crippen molar-refractivity contribution in [2.24, 2.45) is 0 Å². The number of ketones is 2. The van der Waals surface area contributed by atoms with E-state index in [9.17, 15) is 14.7 Å². The lowest BCUT2D eigenvalue weighted by atomic mass is 10.0. The molecule has 22 heavy (non-hydrogen) atoms. The second kappa shape index (κ2) is 6.77. The molecule has 0 saturated carbocycles. The number of carbonyl (C=O) groups excluding carboxylic acids is 2. The van der Waals surface area contributed by atoms with Gasteiger partial charge < -0.3 is 5.11 Å². The van der Waals surface area contributed by atoms with Crippen molar-refractivity contribution in [3.8, 4) is 5.75 Å². The number of benzene rings is 2. The molecular weight excluding hydrogens is 323 g/mol. The van der Waals surface area contributed by atoms with Crippen LogP contribution in [0.4, 0.5) is 0 Å². The number of rotatable bonds is 4. The summed E-state index contributed by atoms with van der Waals surface area (Å²) in [7, 11) is 0. The number of Topliss-reactive ketones (excluding diaryl/α,β-unsaturated/α-hetero) is 1. The van der Waals surface area contributed by atoms with Crippen LogP contribution >= 0.6 is 23.2 Å². The topological polar surface area (TPSA) is 54.4 Å². The fraction of sp³-hybridized carbons (Fsp3) is 0.0588. The monoisotopic (exact) mass is 334 g/mol. The van der Waals surface area contributed by atoms with Crippen molar-refractivity contribution < 1.29 is 14.7 Å². The Balaban J connectivity index is 2.25. The Hall–Kier alpha value is -2.10. The maximum Gasteiger partial charge on any atom is 0.185 e. The molecule has 112 valence electrons. The molecule has 2 aromatic carbocycles. The van der Waals surface area contributed by atoms with Crippen molar-refractivity contribution in [1.29, 1.82) is 0 Å². The average Bonchev–Trinajstić information content (AvgIpc) is 2.48. The number of halogens is 2. The fourth-order valence-electron chi connectivity index (χ4n) is 1.86. The van der Waals surface area contributed by atoms with Gasteiger partial charge in [-0.3, -0.25) is 9.59 Å². The predicted molar refractivity (Wildman–Crippen MR) is 87.9 cm³/mol. The lowest BCUT2D eigenvalue weighted by Crippen LogP contribution is -1.99. The number of carbonyl (C=O) groups is 2. The standard InChI is InChI=1S/C17H12Cl2O3/c1-10(20)13-9-12(4-7-17(13)22)16(21)6-3-11-2-5-14(18)15(19)8-11/h2-9,22H,1H3/b6-3+. The van der Waals surface area contributed by atoms with E-state index >= 15 is 0 Å². The Labute approximate surface area is 137 Å². The highest BCUT2D eigenvalue weighted by Crippen LogP contribution is 2.23. The first-order valence-electron chi connectivity index (χ1n) is 6.40. The first kappa shape index (κ1) is 16.3.